The molecule has 154 valence electrons. The molecule has 0 bridgehead atoms. The minimum absolute atomic E-state index is 0.0331. The molecule has 1 aliphatic heterocycles. The number of para-hydroxylation sites is 2. The van der Waals surface area contributed by atoms with Gasteiger partial charge in [0.2, 0.25) is 11.8 Å². The first kappa shape index (κ1) is 20.7. The van der Waals surface area contributed by atoms with Crippen molar-refractivity contribution in [2.75, 3.05) is 19.7 Å². The molecular formula is C23H28N2O4. The highest BCUT2D eigenvalue weighted by atomic mass is 16.6. The van der Waals surface area contributed by atoms with Crippen molar-refractivity contribution >= 4 is 11.8 Å². The average Bonchev–Trinajstić information content (AvgIpc) is 2.71. The number of nitrogens with zero attached hydrogens (tertiary/aromatic N) is 1. The Labute approximate surface area is 171 Å². The predicted octanol–water partition coefficient (Wildman–Crippen LogP) is 3.25. The van der Waals surface area contributed by atoms with E-state index in [1.54, 1.807) is 4.90 Å². The zero-order valence-electron chi connectivity index (χ0n) is 17.2. The van der Waals surface area contributed by atoms with Crippen LogP contribution in [0.25, 0.3) is 0 Å². The molecule has 3 rings (SSSR count). The predicted molar refractivity (Wildman–Crippen MR) is 111 cm³/mol. The number of carbonyl (C=O) groups is 2. The zero-order valence-corrected chi connectivity index (χ0v) is 17.2. The zero-order chi connectivity index (χ0) is 20.8. The van der Waals surface area contributed by atoms with Gasteiger partial charge in [-0.25, -0.2) is 0 Å². The Morgan fingerprint density at radius 2 is 1.83 bits per heavy atom. The second kappa shape index (κ2) is 9.45. The molecule has 0 saturated heterocycles. The monoisotopic (exact) mass is 396 g/mol. The summed E-state index contributed by atoms with van der Waals surface area (Å²) in [6.45, 7) is 6.80. The highest BCUT2D eigenvalue weighted by Crippen LogP contribution is 2.31. The van der Waals surface area contributed by atoms with Crippen LogP contribution in [0.4, 0.5) is 0 Å². The van der Waals surface area contributed by atoms with Gasteiger partial charge in [-0.2, -0.15) is 0 Å². The average molecular weight is 396 g/mol. The summed E-state index contributed by atoms with van der Waals surface area (Å²) in [4.78, 5) is 26.4. The Morgan fingerprint density at radius 3 is 2.48 bits per heavy atom. The molecule has 0 radical (unpaired) electrons. The van der Waals surface area contributed by atoms with Crippen LogP contribution in [0.15, 0.2) is 48.5 Å². The van der Waals surface area contributed by atoms with Gasteiger partial charge in [-0.15, -0.1) is 0 Å². The third-order valence-corrected chi connectivity index (χ3v) is 4.96. The Morgan fingerprint density at radius 1 is 1.14 bits per heavy atom. The summed E-state index contributed by atoms with van der Waals surface area (Å²) >= 11 is 0. The fraction of sp³-hybridized carbons (Fsp3) is 0.391. The number of nitrogens with one attached hydrogen (secondary N) is 1. The quantitative estimate of drug-likeness (QED) is 0.780. The van der Waals surface area contributed by atoms with Gasteiger partial charge in [-0.1, -0.05) is 42.0 Å². The minimum atomic E-state index is -0.362. The molecule has 2 aromatic carbocycles. The van der Waals surface area contributed by atoms with E-state index in [4.69, 9.17) is 9.47 Å². The number of hydrogen-bond donors (Lipinski definition) is 1. The number of ether oxygens (including phenoxy) is 2. The summed E-state index contributed by atoms with van der Waals surface area (Å²) in [5.41, 5.74) is 2.05. The van der Waals surface area contributed by atoms with Crippen LogP contribution < -0.4 is 14.8 Å². The molecular weight excluding hydrogens is 368 g/mol. The molecule has 0 aromatic heterocycles. The van der Waals surface area contributed by atoms with E-state index in [2.05, 4.69) is 5.32 Å². The smallest absolute Gasteiger partial charge is 0.225 e. The number of fused-ring (bicyclic) bond motifs is 1. The van der Waals surface area contributed by atoms with E-state index in [1.807, 2.05) is 62.4 Å². The van der Waals surface area contributed by atoms with Crippen LogP contribution in [0.1, 0.15) is 37.4 Å². The first-order valence-corrected chi connectivity index (χ1v) is 9.96. The molecule has 0 spiro atoms. The van der Waals surface area contributed by atoms with Crippen molar-refractivity contribution in [2.45, 2.75) is 39.3 Å². The van der Waals surface area contributed by atoms with Gasteiger partial charge in [0.1, 0.15) is 6.61 Å². The molecule has 0 aliphatic carbocycles. The van der Waals surface area contributed by atoms with Crippen molar-refractivity contribution in [3.63, 3.8) is 0 Å². The second-order valence-electron chi connectivity index (χ2n) is 7.30. The number of carbonyl (C=O) groups excluding carboxylic acids is 2. The lowest BCUT2D eigenvalue weighted by Crippen LogP contribution is -2.44. The van der Waals surface area contributed by atoms with E-state index in [-0.39, 0.29) is 30.4 Å². The van der Waals surface area contributed by atoms with Crippen LogP contribution in [0.2, 0.25) is 0 Å². The van der Waals surface area contributed by atoms with Crippen LogP contribution in [-0.4, -0.2) is 42.5 Å². The van der Waals surface area contributed by atoms with Crippen LogP contribution in [0.3, 0.4) is 0 Å². The Kier molecular flexibility index (Phi) is 6.75. The van der Waals surface area contributed by atoms with Gasteiger partial charge in [-0.05, 0) is 31.5 Å². The Hall–Kier alpha value is -3.02. The highest BCUT2D eigenvalue weighted by Gasteiger charge is 2.26. The SMILES string of the molecule is CCN(CC1COc2ccccc2O1)C(=O)CC(NC(C)=O)c1ccc(C)cc1. The molecule has 2 atom stereocenters. The normalized spacial score (nSPS) is 16.0. The molecule has 6 heteroatoms. The third-order valence-electron chi connectivity index (χ3n) is 4.96. The van der Waals surface area contributed by atoms with Gasteiger partial charge >= 0.3 is 0 Å². The maximum absolute atomic E-state index is 13.0. The molecule has 2 amide bonds. The van der Waals surface area contributed by atoms with Gasteiger partial charge in [0.15, 0.2) is 17.6 Å². The summed E-state index contributed by atoms with van der Waals surface area (Å²) in [7, 11) is 0. The summed E-state index contributed by atoms with van der Waals surface area (Å²) in [5.74, 6) is 1.23. The minimum Gasteiger partial charge on any atom is -0.486 e. The van der Waals surface area contributed by atoms with E-state index in [1.165, 1.54) is 6.92 Å². The Bertz CT molecular complexity index is 850. The van der Waals surface area contributed by atoms with E-state index >= 15 is 0 Å². The molecule has 1 aliphatic rings. The van der Waals surface area contributed by atoms with Crippen molar-refractivity contribution in [1.29, 1.82) is 0 Å². The summed E-state index contributed by atoms with van der Waals surface area (Å²) < 4.78 is 11.7. The van der Waals surface area contributed by atoms with Crippen LogP contribution in [0, 0.1) is 6.92 Å². The second-order valence-corrected chi connectivity index (χ2v) is 7.30. The fourth-order valence-electron chi connectivity index (χ4n) is 3.41. The maximum Gasteiger partial charge on any atom is 0.225 e. The van der Waals surface area contributed by atoms with Gasteiger partial charge in [0.25, 0.3) is 0 Å². The fourth-order valence-corrected chi connectivity index (χ4v) is 3.41. The van der Waals surface area contributed by atoms with Crippen LogP contribution in [0.5, 0.6) is 11.5 Å². The molecule has 29 heavy (non-hydrogen) atoms. The van der Waals surface area contributed by atoms with Gasteiger partial charge in [0.05, 0.1) is 19.0 Å². The topological polar surface area (TPSA) is 67.9 Å². The molecule has 0 fully saturated rings. The molecule has 2 aromatic rings. The number of likely N-dealkylation sites (N-methyl/N-ethyl adjacent to an activating group) is 1. The van der Waals surface area contributed by atoms with Gasteiger partial charge in [0, 0.05) is 13.5 Å². The standard InChI is InChI=1S/C23H28N2O4/c1-4-25(14-19-15-28-21-7-5-6-8-22(21)29-19)23(27)13-20(24-17(3)26)18-11-9-16(2)10-12-18/h5-12,19-20H,4,13-15H2,1-3H3,(H,24,26). The largest absolute Gasteiger partial charge is 0.486 e. The first-order valence-electron chi connectivity index (χ1n) is 9.96. The van der Waals surface area contributed by atoms with Crippen molar-refractivity contribution in [2.24, 2.45) is 0 Å². The summed E-state index contributed by atoms with van der Waals surface area (Å²) in [6.07, 6.45) is -0.0342. The number of hydrogen-bond acceptors (Lipinski definition) is 4. The van der Waals surface area contributed by atoms with Crippen molar-refractivity contribution in [3.8, 4) is 11.5 Å². The highest BCUT2D eigenvalue weighted by molar-refractivity contribution is 5.79. The van der Waals surface area contributed by atoms with Crippen molar-refractivity contribution in [3.05, 3.63) is 59.7 Å². The Balaban J connectivity index is 1.66. The van der Waals surface area contributed by atoms with Crippen molar-refractivity contribution < 1.29 is 19.1 Å². The van der Waals surface area contributed by atoms with E-state index in [9.17, 15) is 9.59 Å². The molecule has 1 N–H and O–H groups in total. The summed E-state index contributed by atoms with van der Waals surface area (Å²) in [5, 5.41) is 2.90. The lowest BCUT2D eigenvalue weighted by Gasteiger charge is -2.31. The molecule has 6 nitrogen and oxygen atoms in total. The lowest BCUT2D eigenvalue weighted by molar-refractivity contribution is -0.133. The van der Waals surface area contributed by atoms with Gasteiger partial charge in [-0.3, -0.25) is 9.59 Å². The maximum atomic E-state index is 13.0. The van der Waals surface area contributed by atoms with E-state index in [0.29, 0.717) is 25.4 Å². The number of amides is 2. The summed E-state index contributed by atoms with van der Waals surface area (Å²) in [6, 6.07) is 15.0. The third kappa shape index (κ3) is 5.50. The molecule has 0 saturated carbocycles. The molecule has 2 unspecified atom stereocenters. The number of benzene rings is 2. The number of aryl methyl sites for hydroxylation is 1. The van der Waals surface area contributed by atoms with Gasteiger partial charge < -0.3 is 19.7 Å². The van der Waals surface area contributed by atoms with Crippen LogP contribution >= 0.6 is 0 Å². The van der Waals surface area contributed by atoms with E-state index < -0.39 is 0 Å². The van der Waals surface area contributed by atoms with Crippen molar-refractivity contribution in [1.82, 2.24) is 10.2 Å². The van der Waals surface area contributed by atoms with E-state index in [0.717, 1.165) is 16.9 Å². The number of rotatable bonds is 7. The molecule has 1 heterocycles. The van der Waals surface area contributed by atoms with Crippen LogP contribution in [-0.2, 0) is 9.59 Å². The lowest BCUT2D eigenvalue weighted by atomic mass is 10.0. The first-order chi connectivity index (χ1) is 14.0.